The highest BCUT2D eigenvalue weighted by molar-refractivity contribution is 6.20. The van der Waals surface area contributed by atoms with Crippen LogP contribution >= 0.6 is 0 Å². The summed E-state index contributed by atoms with van der Waals surface area (Å²) >= 11 is 0. The molecule has 0 atom stereocenters. The Kier molecular flexibility index (Phi) is 9.52. The van der Waals surface area contributed by atoms with Gasteiger partial charge in [0, 0.05) is 23.9 Å². The number of unbranched alkanes of at least 4 members (excludes halogenated alkanes) is 3. The van der Waals surface area contributed by atoms with E-state index in [1.807, 2.05) is 85.1 Å². The van der Waals surface area contributed by atoms with Crippen molar-refractivity contribution in [2.24, 2.45) is 4.99 Å². The molecule has 0 aliphatic rings. The van der Waals surface area contributed by atoms with Crippen LogP contribution in [-0.4, -0.2) is 39.4 Å². The molecule has 38 heavy (non-hydrogen) atoms. The second kappa shape index (κ2) is 13.4. The number of hydrogen-bond donors (Lipinski definition) is 0. The van der Waals surface area contributed by atoms with Crippen molar-refractivity contribution in [1.29, 1.82) is 0 Å². The van der Waals surface area contributed by atoms with Crippen molar-refractivity contribution in [3.8, 4) is 28.4 Å². The normalized spacial score (nSPS) is 11.1. The second-order valence-corrected chi connectivity index (χ2v) is 9.12. The van der Waals surface area contributed by atoms with Gasteiger partial charge in [0.25, 0.3) is 0 Å². The third-order valence-electron chi connectivity index (χ3n) is 6.55. The van der Waals surface area contributed by atoms with Crippen molar-refractivity contribution in [3.63, 3.8) is 0 Å². The van der Waals surface area contributed by atoms with Gasteiger partial charge in [0.2, 0.25) is 0 Å². The zero-order valence-corrected chi connectivity index (χ0v) is 22.4. The fraction of sp³-hybridized carbons (Fsp3) is 0.273. The Hall–Kier alpha value is -4.12. The summed E-state index contributed by atoms with van der Waals surface area (Å²) in [5.41, 5.74) is 3.00. The quantitative estimate of drug-likeness (QED) is 0.105. The maximum atomic E-state index is 14.0. The van der Waals surface area contributed by atoms with E-state index in [2.05, 4.69) is 11.9 Å². The van der Waals surface area contributed by atoms with E-state index in [9.17, 15) is 4.79 Å². The molecular formula is C33H35NO4. The van der Waals surface area contributed by atoms with E-state index in [1.165, 1.54) is 19.3 Å². The molecule has 0 fully saturated rings. The summed E-state index contributed by atoms with van der Waals surface area (Å²) in [6, 6.07) is 24.9. The molecule has 0 amide bonds. The fourth-order valence-electron chi connectivity index (χ4n) is 4.46. The number of benzene rings is 4. The van der Waals surface area contributed by atoms with Crippen molar-refractivity contribution >= 4 is 22.8 Å². The first-order valence-electron chi connectivity index (χ1n) is 13.2. The van der Waals surface area contributed by atoms with E-state index >= 15 is 0 Å². The first-order valence-corrected chi connectivity index (χ1v) is 13.2. The number of rotatable bonds is 13. The van der Waals surface area contributed by atoms with Crippen molar-refractivity contribution in [3.05, 3.63) is 90.0 Å². The minimum atomic E-state index is -0.0567. The van der Waals surface area contributed by atoms with Gasteiger partial charge < -0.3 is 14.2 Å². The average Bonchev–Trinajstić information content (AvgIpc) is 2.97. The lowest BCUT2D eigenvalue weighted by Crippen LogP contribution is -2.06. The SMILES string of the molecule is CCCCCCN=CCOc1ccc(C(=O)c2c(-c3cccc(OC)c3)ccc3cc(OC)ccc23)cc1. The van der Waals surface area contributed by atoms with E-state index in [0.29, 0.717) is 23.5 Å². The molecule has 0 aromatic heterocycles. The predicted molar refractivity (Wildman–Crippen MR) is 155 cm³/mol. The topological polar surface area (TPSA) is 57.1 Å². The molecule has 5 heteroatoms. The third kappa shape index (κ3) is 6.60. The maximum Gasteiger partial charge on any atom is 0.194 e. The molecule has 0 saturated heterocycles. The number of carbonyl (C=O) groups excluding carboxylic acids is 1. The molecule has 0 radical (unpaired) electrons. The molecule has 0 saturated carbocycles. The smallest absolute Gasteiger partial charge is 0.194 e. The van der Waals surface area contributed by atoms with Crippen molar-refractivity contribution < 1.29 is 19.0 Å². The van der Waals surface area contributed by atoms with Crippen LogP contribution in [0.2, 0.25) is 0 Å². The predicted octanol–water partition coefficient (Wildman–Crippen LogP) is 7.78. The molecule has 196 valence electrons. The number of fused-ring (bicyclic) bond motifs is 1. The summed E-state index contributed by atoms with van der Waals surface area (Å²) in [5.74, 6) is 2.13. The number of carbonyl (C=O) groups is 1. The molecule has 0 bridgehead atoms. The summed E-state index contributed by atoms with van der Waals surface area (Å²) < 4.78 is 16.6. The first kappa shape index (κ1) is 26.9. The largest absolute Gasteiger partial charge is 0.497 e. The molecular weight excluding hydrogens is 474 g/mol. The van der Waals surface area contributed by atoms with Gasteiger partial charge in [-0.05, 0) is 82.9 Å². The average molecular weight is 510 g/mol. The lowest BCUT2D eigenvalue weighted by atomic mass is 9.89. The second-order valence-electron chi connectivity index (χ2n) is 9.12. The summed E-state index contributed by atoms with van der Waals surface area (Å²) in [6.07, 6.45) is 6.62. The minimum absolute atomic E-state index is 0.0567. The van der Waals surface area contributed by atoms with E-state index in [0.717, 1.165) is 46.4 Å². The van der Waals surface area contributed by atoms with Crippen LogP contribution in [-0.2, 0) is 0 Å². The van der Waals surface area contributed by atoms with Gasteiger partial charge in [0.05, 0.1) is 14.2 Å². The molecule has 5 nitrogen and oxygen atoms in total. The van der Waals surface area contributed by atoms with E-state index in [4.69, 9.17) is 14.2 Å². The van der Waals surface area contributed by atoms with Gasteiger partial charge in [0.1, 0.15) is 23.9 Å². The minimum Gasteiger partial charge on any atom is -0.497 e. The monoisotopic (exact) mass is 509 g/mol. The summed E-state index contributed by atoms with van der Waals surface area (Å²) in [6.45, 7) is 3.45. The molecule has 0 heterocycles. The lowest BCUT2D eigenvalue weighted by molar-refractivity contribution is 0.104. The van der Waals surface area contributed by atoms with Crippen molar-refractivity contribution in [1.82, 2.24) is 0 Å². The molecule has 4 aromatic carbocycles. The van der Waals surface area contributed by atoms with Gasteiger partial charge >= 0.3 is 0 Å². The van der Waals surface area contributed by atoms with Gasteiger partial charge in [-0.25, -0.2) is 0 Å². The van der Waals surface area contributed by atoms with Crippen LogP contribution in [0.5, 0.6) is 17.2 Å². The van der Waals surface area contributed by atoms with Gasteiger partial charge in [-0.15, -0.1) is 0 Å². The van der Waals surface area contributed by atoms with Gasteiger partial charge in [-0.3, -0.25) is 9.79 Å². The van der Waals surface area contributed by atoms with Crippen LogP contribution < -0.4 is 14.2 Å². The third-order valence-corrected chi connectivity index (χ3v) is 6.55. The maximum absolute atomic E-state index is 14.0. The molecule has 4 rings (SSSR count). The van der Waals surface area contributed by atoms with Crippen molar-refractivity contribution in [2.45, 2.75) is 32.6 Å². The lowest BCUT2D eigenvalue weighted by Gasteiger charge is -2.15. The van der Waals surface area contributed by atoms with Crippen LogP contribution in [0.3, 0.4) is 0 Å². The van der Waals surface area contributed by atoms with Gasteiger partial charge in [0.15, 0.2) is 5.78 Å². The molecule has 4 aromatic rings. The van der Waals surface area contributed by atoms with Crippen LogP contribution in [0.1, 0.15) is 48.5 Å². The van der Waals surface area contributed by atoms with Crippen LogP contribution in [0, 0.1) is 0 Å². The van der Waals surface area contributed by atoms with E-state index in [1.54, 1.807) is 14.2 Å². The standard InChI is InChI=1S/C33H35NO4/c1-4-5-6-7-19-34-20-21-38-27-14-11-24(12-15-27)33(35)32-30(25-9-8-10-28(22-25)36-2)17-13-26-23-29(37-3)16-18-31(26)32/h8-18,20,22-23H,4-7,19,21H2,1-3H3. The van der Waals surface area contributed by atoms with E-state index < -0.39 is 0 Å². The highest BCUT2D eigenvalue weighted by Crippen LogP contribution is 2.35. The molecule has 0 aliphatic heterocycles. The Morgan fingerprint density at radius 2 is 1.58 bits per heavy atom. The van der Waals surface area contributed by atoms with E-state index in [-0.39, 0.29) is 5.78 Å². The molecule has 0 spiro atoms. The Bertz CT molecular complexity index is 1390. The van der Waals surface area contributed by atoms with Crippen LogP contribution in [0.25, 0.3) is 21.9 Å². The zero-order valence-electron chi connectivity index (χ0n) is 22.4. The molecule has 0 unspecified atom stereocenters. The summed E-state index contributed by atoms with van der Waals surface area (Å²) in [5, 5.41) is 1.81. The number of hydrogen-bond acceptors (Lipinski definition) is 5. The van der Waals surface area contributed by atoms with Crippen LogP contribution in [0.15, 0.2) is 83.9 Å². The van der Waals surface area contributed by atoms with Gasteiger partial charge in [-0.1, -0.05) is 50.5 Å². The molecule has 0 N–H and O–H groups in total. The number of nitrogens with zero attached hydrogens (tertiary/aromatic N) is 1. The fourth-order valence-corrected chi connectivity index (χ4v) is 4.46. The summed E-state index contributed by atoms with van der Waals surface area (Å²) in [7, 11) is 3.28. The first-order chi connectivity index (χ1) is 18.6. The number of methoxy groups -OCH3 is 2. The Labute approximate surface area is 225 Å². The highest BCUT2D eigenvalue weighted by atomic mass is 16.5. The number of ether oxygens (including phenoxy) is 3. The Balaban J connectivity index is 1.59. The molecule has 0 aliphatic carbocycles. The van der Waals surface area contributed by atoms with Gasteiger partial charge in [-0.2, -0.15) is 0 Å². The van der Waals surface area contributed by atoms with Crippen molar-refractivity contribution in [2.75, 3.05) is 27.4 Å². The Morgan fingerprint density at radius 1 is 0.816 bits per heavy atom. The highest BCUT2D eigenvalue weighted by Gasteiger charge is 2.19. The Morgan fingerprint density at radius 3 is 2.34 bits per heavy atom. The zero-order chi connectivity index (χ0) is 26.7. The summed E-state index contributed by atoms with van der Waals surface area (Å²) in [4.78, 5) is 18.4. The van der Waals surface area contributed by atoms with Crippen LogP contribution in [0.4, 0.5) is 0 Å². The number of aliphatic imine (C=N–C) groups is 1. The number of ketones is 1.